The summed E-state index contributed by atoms with van der Waals surface area (Å²) in [5.41, 5.74) is 2.34. The molecule has 24 heavy (non-hydrogen) atoms. The van der Waals surface area contributed by atoms with Crippen molar-refractivity contribution < 1.29 is 9.53 Å². The van der Waals surface area contributed by atoms with E-state index in [0.29, 0.717) is 5.92 Å². The van der Waals surface area contributed by atoms with Crippen LogP contribution in [-0.2, 0) is 11.2 Å². The van der Waals surface area contributed by atoms with Crippen LogP contribution < -0.4 is 0 Å². The van der Waals surface area contributed by atoms with Gasteiger partial charge in [-0.2, -0.15) is 0 Å². The van der Waals surface area contributed by atoms with Gasteiger partial charge < -0.3 is 9.64 Å². The molecule has 132 valence electrons. The van der Waals surface area contributed by atoms with Crippen LogP contribution in [0.15, 0.2) is 24.3 Å². The van der Waals surface area contributed by atoms with Crippen LogP contribution in [0.3, 0.4) is 0 Å². The molecular formula is C20H30N2O2. The van der Waals surface area contributed by atoms with Gasteiger partial charge in [0.2, 0.25) is 0 Å². The summed E-state index contributed by atoms with van der Waals surface area (Å²) in [6.07, 6.45) is 0.924. The summed E-state index contributed by atoms with van der Waals surface area (Å²) < 4.78 is 5.69. The summed E-state index contributed by atoms with van der Waals surface area (Å²) >= 11 is 0. The molecular weight excluding hydrogens is 300 g/mol. The summed E-state index contributed by atoms with van der Waals surface area (Å²) in [5, 5.41) is 0. The molecule has 2 heterocycles. The average molecular weight is 330 g/mol. The first-order valence-electron chi connectivity index (χ1n) is 9.08. The summed E-state index contributed by atoms with van der Waals surface area (Å²) in [6, 6.07) is 9.15. The fourth-order valence-electron chi connectivity index (χ4n) is 3.90. The minimum atomic E-state index is -0.458. The van der Waals surface area contributed by atoms with Gasteiger partial charge in [0.1, 0.15) is 5.60 Å². The smallest absolute Gasteiger partial charge is 0.410 e. The number of amides is 1. The molecule has 0 aliphatic carbocycles. The van der Waals surface area contributed by atoms with Crippen molar-refractivity contribution in [3.63, 3.8) is 0 Å². The maximum Gasteiger partial charge on any atom is 0.410 e. The standard InChI is InChI=1S/C20H30N2O2/c1-14(2)17-12-21-11-10-15-8-6-7-9-16(15)18(21)13-22(17)19(23)24-20(3,4)5/h6-9,14,17-18H,10-13H2,1-5H3/t17-,18+/m1/s1. The van der Waals surface area contributed by atoms with Gasteiger partial charge in [0, 0.05) is 19.6 Å². The van der Waals surface area contributed by atoms with Crippen molar-refractivity contribution in [2.75, 3.05) is 19.6 Å². The number of piperazine rings is 1. The third-order valence-corrected chi connectivity index (χ3v) is 5.11. The molecule has 4 nitrogen and oxygen atoms in total. The maximum atomic E-state index is 12.8. The molecule has 1 saturated heterocycles. The lowest BCUT2D eigenvalue weighted by Crippen LogP contribution is -2.60. The molecule has 1 fully saturated rings. The van der Waals surface area contributed by atoms with Gasteiger partial charge in [-0.1, -0.05) is 38.1 Å². The zero-order valence-corrected chi connectivity index (χ0v) is 15.6. The quantitative estimate of drug-likeness (QED) is 0.784. The molecule has 0 N–H and O–H groups in total. The summed E-state index contributed by atoms with van der Waals surface area (Å²) in [7, 11) is 0. The predicted molar refractivity (Wildman–Crippen MR) is 96.0 cm³/mol. The number of fused-ring (bicyclic) bond motifs is 3. The topological polar surface area (TPSA) is 32.8 Å². The summed E-state index contributed by atoms with van der Waals surface area (Å²) in [5.74, 6) is 0.413. The van der Waals surface area contributed by atoms with Gasteiger partial charge in [-0.25, -0.2) is 4.79 Å². The number of carbonyl (C=O) groups is 1. The van der Waals surface area contributed by atoms with E-state index in [9.17, 15) is 4.79 Å². The second-order valence-electron chi connectivity index (χ2n) is 8.40. The van der Waals surface area contributed by atoms with E-state index < -0.39 is 5.60 Å². The monoisotopic (exact) mass is 330 g/mol. The molecule has 0 bridgehead atoms. The van der Waals surface area contributed by atoms with E-state index in [1.54, 1.807) is 0 Å². The van der Waals surface area contributed by atoms with Gasteiger partial charge in [0.05, 0.1) is 12.1 Å². The lowest BCUT2D eigenvalue weighted by molar-refractivity contribution is -0.0279. The van der Waals surface area contributed by atoms with Crippen LogP contribution in [0.1, 0.15) is 51.8 Å². The third-order valence-electron chi connectivity index (χ3n) is 5.11. The Morgan fingerprint density at radius 2 is 1.92 bits per heavy atom. The third kappa shape index (κ3) is 3.44. The molecule has 0 spiro atoms. The summed E-state index contributed by atoms with van der Waals surface area (Å²) in [6.45, 7) is 12.9. The van der Waals surface area contributed by atoms with Crippen molar-refractivity contribution in [3.8, 4) is 0 Å². The number of hydrogen-bond donors (Lipinski definition) is 0. The van der Waals surface area contributed by atoms with Crippen molar-refractivity contribution >= 4 is 6.09 Å². The highest BCUT2D eigenvalue weighted by atomic mass is 16.6. The van der Waals surface area contributed by atoms with Crippen molar-refractivity contribution in [3.05, 3.63) is 35.4 Å². The Labute approximate surface area is 145 Å². The molecule has 4 heteroatoms. The van der Waals surface area contributed by atoms with Crippen LogP contribution >= 0.6 is 0 Å². The molecule has 3 rings (SSSR count). The van der Waals surface area contributed by atoms with Gasteiger partial charge in [0.25, 0.3) is 0 Å². The number of benzene rings is 1. The first-order chi connectivity index (χ1) is 11.3. The highest BCUT2D eigenvalue weighted by Gasteiger charge is 2.41. The number of ether oxygens (including phenoxy) is 1. The average Bonchev–Trinajstić information content (AvgIpc) is 2.51. The number of nitrogens with zero attached hydrogens (tertiary/aromatic N) is 2. The minimum Gasteiger partial charge on any atom is -0.444 e. The largest absolute Gasteiger partial charge is 0.444 e. The number of carbonyl (C=O) groups excluding carboxylic acids is 1. The Balaban J connectivity index is 1.87. The van der Waals surface area contributed by atoms with Crippen LogP contribution in [0, 0.1) is 5.92 Å². The van der Waals surface area contributed by atoms with Gasteiger partial charge >= 0.3 is 6.09 Å². The van der Waals surface area contributed by atoms with Gasteiger partial charge in [0.15, 0.2) is 0 Å². The molecule has 2 atom stereocenters. The molecule has 1 aromatic carbocycles. The van der Waals surface area contributed by atoms with E-state index in [-0.39, 0.29) is 18.2 Å². The highest BCUT2D eigenvalue weighted by molar-refractivity contribution is 5.69. The van der Waals surface area contributed by atoms with E-state index in [4.69, 9.17) is 4.74 Å². The van der Waals surface area contributed by atoms with Crippen molar-refractivity contribution in [1.29, 1.82) is 0 Å². The lowest BCUT2D eigenvalue weighted by Gasteiger charge is -2.50. The van der Waals surface area contributed by atoms with Crippen molar-refractivity contribution in [1.82, 2.24) is 9.80 Å². The Kier molecular flexibility index (Phi) is 4.60. The first-order valence-corrected chi connectivity index (χ1v) is 9.08. The number of rotatable bonds is 1. The van der Waals surface area contributed by atoms with Crippen LogP contribution in [0.25, 0.3) is 0 Å². The van der Waals surface area contributed by atoms with Gasteiger partial charge in [-0.05, 0) is 44.2 Å². The van der Waals surface area contributed by atoms with Crippen LogP contribution in [0.2, 0.25) is 0 Å². The van der Waals surface area contributed by atoms with Gasteiger partial charge in [-0.3, -0.25) is 4.90 Å². The van der Waals surface area contributed by atoms with E-state index in [2.05, 4.69) is 43.0 Å². The molecule has 2 aliphatic heterocycles. The summed E-state index contributed by atoms with van der Waals surface area (Å²) in [4.78, 5) is 17.3. The second-order valence-corrected chi connectivity index (χ2v) is 8.40. The number of hydrogen-bond acceptors (Lipinski definition) is 3. The molecule has 0 saturated carbocycles. The lowest BCUT2D eigenvalue weighted by atomic mass is 9.87. The highest BCUT2D eigenvalue weighted by Crippen LogP contribution is 2.36. The maximum absolute atomic E-state index is 12.8. The van der Waals surface area contributed by atoms with Crippen LogP contribution in [-0.4, -0.2) is 47.2 Å². The van der Waals surface area contributed by atoms with Crippen molar-refractivity contribution in [2.45, 2.75) is 58.7 Å². The van der Waals surface area contributed by atoms with E-state index >= 15 is 0 Å². The van der Waals surface area contributed by atoms with Crippen LogP contribution in [0.5, 0.6) is 0 Å². The zero-order chi connectivity index (χ0) is 17.5. The van der Waals surface area contributed by atoms with Crippen LogP contribution in [0.4, 0.5) is 4.79 Å². The Morgan fingerprint density at radius 1 is 1.21 bits per heavy atom. The van der Waals surface area contributed by atoms with E-state index in [1.807, 2.05) is 25.7 Å². The molecule has 0 unspecified atom stereocenters. The molecule has 0 aromatic heterocycles. The first kappa shape index (κ1) is 17.3. The Hall–Kier alpha value is -1.55. The van der Waals surface area contributed by atoms with Crippen molar-refractivity contribution in [2.24, 2.45) is 5.92 Å². The molecule has 0 radical (unpaired) electrons. The van der Waals surface area contributed by atoms with E-state index in [0.717, 1.165) is 26.1 Å². The minimum absolute atomic E-state index is 0.177. The van der Waals surface area contributed by atoms with E-state index in [1.165, 1.54) is 11.1 Å². The Bertz CT molecular complexity index is 606. The second kappa shape index (κ2) is 6.40. The van der Waals surface area contributed by atoms with Gasteiger partial charge in [-0.15, -0.1) is 0 Å². The fourth-order valence-corrected chi connectivity index (χ4v) is 3.90. The Morgan fingerprint density at radius 3 is 2.58 bits per heavy atom. The zero-order valence-electron chi connectivity index (χ0n) is 15.6. The fraction of sp³-hybridized carbons (Fsp3) is 0.650. The molecule has 1 amide bonds. The molecule has 2 aliphatic rings. The molecule has 1 aromatic rings. The SMILES string of the molecule is CC(C)[C@H]1CN2CCc3ccccc3[C@@H]2CN1C(=O)OC(C)(C)C. The predicted octanol–water partition coefficient (Wildman–Crippen LogP) is 3.86. The normalized spacial score (nSPS) is 24.5.